The molecule has 1 aliphatic heterocycles. The van der Waals surface area contributed by atoms with E-state index in [2.05, 4.69) is 4.98 Å². The van der Waals surface area contributed by atoms with Crippen molar-refractivity contribution in [2.45, 2.75) is 32.1 Å². The summed E-state index contributed by atoms with van der Waals surface area (Å²) >= 11 is 0. The summed E-state index contributed by atoms with van der Waals surface area (Å²) in [6, 6.07) is 9.21. The second-order valence-electron chi connectivity index (χ2n) is 6.02. The van der Waals surface area contributed by atoms with Crippen molar-refractivity contribution in [3.8, 4) is 6.07 Å². The average molecular weight is 325 g/mol. The van der Waals surface area contributed by atoms with E-state index in [-0.39, 0.29) is 23.5 Å². The first kappa shape index (κ1) is 16.2. The molecule has 24 heavy (non-hydrogen) atoms. The minimum absolute atomic E-state index is 0.0443. The van der Waals surface area contributed by atoms with E-state index < -0.39 is 5.92 Å². The minimum atomic E-state index is -1.03. The monoisotopic (exact) mass is 325 g/mol. The number of nitrogens with zero attached hydrogens (tertiary/aromatic N) is 3. The number of rotatable bonds is 4. The molecule has 0 radical (unpaired) electrons. The molecule has 0 saturated carbocycles. The first-order chi connectivity index (χ1) is 11.6. The first-order valence-electron chi connectivity index (χ1n) is 8.20. The number of aromatic nitrogens is 1. The molecule has 1 aromatic heterocycles. The van der Waals surface area contributed by atoms with E-state index in [0.717, 1.165) is 6.42 Å². The third-order valence-electron chi connectivity index (χ3n) is 4.45. The number of benzene rings is 1. The molecule has 124 valence electrons. The lowest BCUT2D eigenvalue weighted by Gasteiger charge is -2.32. The Labute approximate surface area is 140 Å². The maximum Gasteiger partial charge on any atom is 0.222 e. The van der Waals surface area contributed by atoms with Gasteiger partial charge in [0.1, 0.15) is 5.52 Å². The highest BCUT2D eigenvalue weighted by atomic mass is 16.3. The third kappa shape index (κ3) is 3.02. The molecule has 3 rings (SSSR count). The first-order valence-corrected chi connectivity index (χ1v) is 8.20. The van der Waals surface area contributed by atoms with Crippen molar-refractivity contribution >= 4 is 22.8 Å². The predicted molar refractivity (Wildman–Crippen MR) is 87.0 cm³/mol. The van der Waals surface area contributed by atoms with Crippen LogP contribution in [-0.2, 0) is 9.59 Å². The van der Waals surface area contributed by atoms with Gasteiger partial charge >= 0.3 is 0 Å². The second kappa shape index (κ2) is 6.83. The van der Waals surface area contributed by atoms with Gasteiger partial charge in [0.2, 0.25) is 11.8 Å². The standard InChI is InChI=1S/C18H19N3O3/c1-2-16(22)21-9-5-6-12(11-21)17(23)13(10-19)18-20-14-7-3-4-8-15(14)24-18/h3-4,7-8,12-13H,2,5-6,9,11H2,1H3/t12-,13-/m0/s1. The highest BCUT2D eigenvalue weighted by Gasteiger charge is 2.35. The molecule has 0 unspecified atom stereocenters. The summed E-state index contributed by atoms with van der Waals surface area (Å²) in [6.07, 6.45) is 1.88. The van der Waals surface area contributed by atoms with Crippen molar-refractivity contribution in [1.82, 2.24) is 9.88 Å². The van der Waals surface area contributed by atoms with E-state index in [1.807, 2.05) is 25.1 Å². The van der Waals surface area contributed by atoms with Gasteiger partial charge in [-0.1, -0.05) is 19.1 Å². The largest absolute Gasteiger partial charge is 0.439 e. The number of amides is 1. The summed E-state index contributed by atoms with van der Waals surface area (Å²) in [5.74, 6) is -1.39. The molecule has 0 aliphatic carbocycles. The van der Waals surface area contributed by atoms with Gasteiger partial charge in [0.15, 0.2) is 17.3 Å². The molecular weight excluding hydrogens is 306 g/mol. The molecule has 2 aromatic rings. The van der Waals surface area contributed by atoms with Gasteiger partial charge in [0.05, 0.1) is 6.07 Å². The molecule has 1 fully saturated rings. The Morgan fingerprint density at radius 3 is 2.96 bits per heavy atom. The number of likely N-dealkylation sites (tertiary alicyclic amines) is 1. The van der Waals surface area contributed by atoms with Crippen molar-refractivity contribution < 1.29 is 14.0 Å². The van der Waals surface area contributed by atoms with E-state index in [4.69, 9.17) is 4.42 Å². The number of oxazole rings is 1. The molecule has 1 amide bonds. The minimum Gasteiger partial charge on any atom is -0.439 e. The van der Waals surface area contributed by atoms with Gasteiger partial charge in [-0.05, 0) is 25.0 Å². The lowest BCUT2D eigenvalue weighted by Crippen LogP contribution is -2.43. The molecule has 0 spiro atoms. The van der Waals surface area contributed by atoms with Gasteiger partial charge in [-0.3, -0.25) is 9.59 Å². The van der Waals surface area contributed by atoms with Crippen LogP contribution in [0.15, 0.2) is 28.7 Å². The number of piperidine rings is 1. The Morgan fingerprint density at radius 1 is 1.46 bits per heavy atom. The van der Waals surface area contributed by atoms with E-state index in [9.17, 15) is 14.9 Å². The molecule has 1 saturated heterocycles. The summed E-state index contributed by atoms with van der Waals surface area (Å²) in [6.45, 7) is 2.87. The Morgan fingerprint density at radius 2 is 2.25 bits per heavy atom. The SMILES string of the molecule is CCC(=O)N1CCC[C@H](C(=O)[C@H](C#N)c2nc3ccccc3o2)C1. The lowest BCUT2D eigenvalue weighted by atomic mass is 9.87. The van der Waals surface area contributed by atoms with Gasteiger partial charge in [-0.15, -0.1) is 0 Å². The van der Waals surface area contributed by atoms with Crippen molar-refractivity contribution in [3.05, 3.63) is 30.2 Å². The zero-order chi connectivity index (χ0) is 17.1. The fourth-order valence-electron chi connectivity index (χ4n) is 3.15. The van der Waals surface area contributed by atoms with Gasteiger partial charge < -0.3 is 9.32 Å². The predicted octanol–water partition coefficient (Wildman–Crippen LogP) is 2.65. The molecule has 6 heteroatoms. The highest BCUT2D eigenvalue weighted by Crippen LogP contribution is 2.28. The average Bonchev–Trinajstić information content (AvgIpc) is 3.05. The zero-order valence-corrected chi connectivity index (χ0v) is 13.6. The van der Waals surface area contributed by atoms with Crippen LogP contribution in [0.3, 0.4) is 0 Å². The zero-order valence-electron chi connectivity index (χ0n) is 13.6. The normalized spacial score (nSPS) is 19.0. The lowest BCUT2D eigenvalue weighted by molar-refractivity contribution is -0.135. The number of carbonyl (C=O) groups is 2. The van der Waals surface area contributed by atoms with Crippen LogP contribution in [0.25, 0.3) is 11.1 Å². The number of Topliss-reactive ketones (excluding diaryl/α,β-unsaturated/α-hetero) is 1. The number of nitriles is 1. The van der Waals surface area contributed by atoms with Gasteiger partial charge in [-0.2, -0.15) is 5.26 Å². The number of para-hydroxylation sites is 2. The number of carbonyl (C=O) groups excluding carboxylic acids is 2. The van der Waals surface area contributed by atoms with Gasteiger partial charge in [0.25, 0.3) is 0 Å². The highest BCUT2D eigenvalue weighted by molar-refractivity contribution is 5.91. The van der Waals surface area contributed by atoms with Crippen LogP contribution in [0.5, 0.6) is 0 Å². The topological polar surface area (TPSA) is 87.2 Å². The van der Waals surface area contributed by atoms with Crippen LogP contribution in [-0.4, -0.2) is 34.7 Å². The van der Waals surface area contributed by atoms with E-state index in [1.54, 1.807) is 17.0 Å². The Kier molecular flexibility index (Phi) is 4.61. The maximum atomic E-state index is 12.8. The summed E-state index contributed by atoms with van der Waals surface area (Å²) < 4.78 is 5.59. The molecule has 0 N–H and O–H groups in total. The Hall–Kier alpha value is -2.68. The van der Waals surface area contributed by atoms with E-state index in [1.165, 1.54) is 0 Å². The van der Waals surface area contributed by atoms with Crippen LogP contribution in [0.1, 0.15) is 38.0 Å². The van der Waals surface area contributed by atoms with Crippen molar-refractivity contribution in [2.75, 3.05) is 13.1 Å². The fraction of sp³-hybridized carbons (Fsp3) is 0.444. The van der Waals surface area contributed by atoms with Crippen LogP contribution >= 0.6 is 0 Å². The van der Waals surface area contributed by atoms with Gasteiger partial charge in [-0.25, -0.2) is 4.98 Å². The van der Waals surface area contributed by atoms with Gasteiger partial charge in [0, 0.05) is 25.4 Å². The number of hydrogen-bond donors (Lipinski definition) is 0. The summed E-state index contributed by atoms with van der Waals surface area (Å²) in [4.78, 5) is 30.7. The molecule has 6 nitrogen and oxygen atoms in total. The smallest absolute Gasteiger partial charge is 0.222 e. The van der Waals surface area contributed by atoms with Crippen LogP contribution in [0.4, 0.5) is 0 Å². The molecule has 0 bridgehead atoms. The van der Waals surface area contributed by atoms with E-state index >= 15 is 0 Å². The Balaban J connectivity index is 1.81. The quantitative estimate of drug-likeness (QED) is 0.862. The van der Waals surface area contributed by atoms with Crippen molar-refractivity contribution in [1.29, 1.82) is 5.26 Å². The molecule has 2 heterocycles. The van der Waals surface area contributed by atoms with Crippen LogP contribution in [0, 0.1) is 17.2 Å². The molecule has 1 aliphatic rings. The number of ketones is 1. The van der Waals surface area contributed by atoms with Crippen molar-refractivity contribution in [3.63, 3.8) is 0 Å². The Bertz CT molecular complexity index is 772. The molecular formula is C18H19N3O3. The second-order valence-corrected chi connectivity index (χ2v) is 6.02. The van der Waals surface area contributed by atoms with E-state index in [0.29, 0.717) is 37.0 Å². The summed E-state index contributed by atoms with van der Waals surface area (Å²) in [5.41, 5.74) is 1.19. The molecule has 1 aromatic carbocycles. The van der Waals surface area contributed by atoms with Crippen molar-refractivity contribution in [2.24, 2.45) is 5.92 Å². The third-order valence-corrected chi connectivity index (χ3v) is 4.45. The molecule has 2 atom stereocenters. The van der Waals surface area contributed by atoms with Crippen LogP contribution < -0.4 is 0 Å². The van der Waals surface area contributed by atoms with Crippen LogP contribution in [0.2, 0.25) is 0 Å². The summed E-state index contributed by atoms with van der Waals surface area (Å²) in [7, 11) is 0. The fourth-order valence-corrected chi connectivity index (χ4v) is 3.15. The maximum absolute atomic E-state index is 12.8. The summed E-state index contributed by atoms with van der Waals surface area (Å²) in [5, 5.41) is 9.48. The number of hydrogen-bond acceptors (Lipinski definition) is 5. The number of fused-ring (bicyclic) bond motifs is 1.